The van der Waals surface area contributed by atoms with Crippen molar-refractivity contribution in [2.45, 2.75) is 84.0 Å². The second-order valence-corrected chi connectivity index (χ2v) is 10.3. The molecule has 0 radical (unpaired) electrons. The molecule has 3 aromatic heterocycles. The Hall–Kier alpha value is -3.33. The van der Waals surface area contributed by atoms with E-state index in [-0.39, 0.29) is 11.9 Å². The van der Waals surface area contributed by atoms with Crippen molar-refractivity contribution in [1.29, 1.82) is 0 Å². The van der Waals surface area contributed by atoms with Gasteiger partial charge in [-0.1, -0.05) is 19.9 Å². The number of aromatic nitrogens is 5. The molecule has 9 nitrogen and oxygen atoms in total. The van der Waals surface area contributed by atoms with Crippen molar-refractivity contribution in [3.63, 3.8) is 0 Å². The van der Waals surface area contributed by atoms with Gasteiger partial charge in [-0.15, -0.1) is 10.2 Å². The molecule has 0 saturated carbocycles. The number of rotatable bonds is 6. The lowest BCUT2D eigenvalue weighted by Crippen LogP contribution is -2.28. The maximum atomic E-state index is 13.8. The van der Waals surface area contributed by atoms with Crippen molar-refractivity contribution in [3.05, 3.63) is 46.9 Å². The Morgan fingerprint density at radius 1 is 1.14 bits per heavy atom. The maximum Gasteiger partial charge on any atom is 0.260 e. The normalized spacial score (nSPS) is 21.8. The fraction of sp³-hybridized carbons (Fsp3) is 0.519. The summed E-state index contributed by atoms with van der Waals surface area (Å²) in [7, 11) is 0. The minimum Gasteiger partial charge on any atom is -0.354 e. The zero-order valence-electron chi connectivity index (χ0n) is 21.3. The molecular weight excluding hydrogens is 452 g/mol. The number of fused-ring (bicyclic) bond motifs is 2. The van der Waals surface area contributed by atoms with Crippen LogP contribution in [0.25, 0.3) is 11.5 Å². The molecule has 3 aliphatic heterocycles. The van der Waals surface area contributed by atoms with Gasteiger partial charge in [-0.05, 0) is 57.2 Å². The van der Waals surface area contributed by atoms with Crippen LogP contribution < -0.4 is 15.5 Å². The predicted molar refractivity (Wildman–Crippen MR) is 139 cm³/mol. The van der Waals surface area contributed by atoms with Crippen LogP contribution in [0.4, 0.5) is 11.6 Å². The van der Waals surface area contributed by atoms with Crippen LogP contribution in [0.5, 0.6) is 0 Å². The predicted octanol–water partition coefficient (Wildman–Crippen LogP) is 4.19. The van der Waals surface area contributed by atoms with Gasteiger partial charge in [-0.2, -0.15) is 0 Å². The van der Waals surface area contributed by atoms with Gasteiger partial charge in [-0.3, -0.25) is 9.69 Å². The Morgan fingerprint density at radius 3 is 2.75 bits per heavy atom. The second kappa shape index (κ2) is 8.96. The quantitative estimate of drug-likeness (QED) is 0.557. The summed E-state index contributed by atoms with van der Waals surface area (Å²) in [6.45, 7) is 7.85. The molecule has 0 spiro atoms. The molecule has 1 amide bonds. The average Bonchev–Trinajstić information content (AvgIpc) is 3.67. The fourth-order valence-corrected chi connectivity index (χ4v) is 5.98. The third kappa shape index (κ3) is 3.59. The highest BCUT2D eigenvalue weighted by Crippen LogP contribution is 2.37. The third-order valence-electron chi connectivity index (χ3n) is 8.12. The first-order valence-corrected chi connectivity index (χ1v) is 13.3. The highest BCUT2D eigenvalue weighted by atomic mass is 16.2. The lowest BCUT2D eigenvalue weighted by molar-refractivity contribution is 0.0996. The molecule has 0 unspecified atom stereocenters. The van der Waals surface area contributed by atoms with E-state index in [4.69, 9.17) is 15.7 Å². The van der Waals surface area contributed by atoms with Gasteiger partial charge >= 0.3 is 0 Å². The molecule has 1 fully saturated rings. The van der Waals surface area contributed by atoms with E-state index in [1.165, 1.54) is 0 Å². The van der Waals surface area contributed by atoms with Gasteiger partial charge < -0.3 is 15.2 Å². The van der Waals surface area contributed by atoms with E-state index in [0.717, 1.165) is 79.5 Å². The van der Waals surface area contributed by atoms with Crippen LogP contribution in [0.2, 0.25) is 0 Å². The summed E-state index contributed by atoms with van der Waals surface area (Å²) in [6.07, 6.45) is 6.09. The van der Waals surface area contributed by atoms with Crippen molar-refractivity contribution in [3.8, 4) is 11.5 Å². The Kier molecular flexibility index (Phi) is 5.75. The highest BCUT2D eigenvalue weighted by Gasteiger charge is 2.36. The minimum atomic E-state index is -0.215. The molecule has 6 rings (SSSR count). The standard InChI is InChI=1S/C27H34N8O/c1-4-17-11-12-23-31-32-26(35(17)23)21-9-6-10-22(29-21)34-15-19-18(27(34)36)14-24(30-25(19)20(28)5-2)33-13-7-8-16(33)3/h6,9-10,14,16-17,20H,4-5,7-8,11-13,15,28H2,1-3H3/t16-,17-,20+/m1/s1. The van der Waals surface area contributed by atoms with Crippen molar-refractivity contribution in [1.82, 2.24) is 24.7 Å². The summed E-state index contributed by atoms with van der Waals surface area (Å²) in [6, 6.07) is 8.33. The zero-order chi connectivity index (χ0) is 25.0. The smallest absolute Gasteiger partial charge is 0.260 e. The average molecular weight is 487 g/mol. The van der Waals surface area contributed by atoms with Crippen LogP contribution in [-0.2, 0) is 13.0 Å². The monoisotopic (exact) mass is 486 g/mol. The molecule has 1 saturated heterocycles. The molecule has 9 heteroatoms. The highest BCUT2D eigenvalue weighted by molar-refractivity contribution is 6.10. The van der Waals surface area contributed by atoms with Crippen LogP contribution in [0.3, 0.4) is 0 Å². The van der Waals surface area contributed by atoms with E-state index >= 15 is 0 Å². The number of nitrogens with two attached hydrogens (primary N) is 1. The summed E-state index contributed by atoms with van der Waals surface area (Å²) >= 11 is 0. The number of amides is 1. The van der Waals surface area contributed by atoms with Crippen LogP contribution in [0, 0.1) is 0 Å². The number of hydrogen-bond donors (Lipinski definition) is 1. The molecular formula is C27H34N8O. The van der Waals surface area contributed by atoms with Crippen LogP contribution >= 0.6 is 0 Å². The molecule has 6 heterocycles. The third-order valence-corrected chi connectivity index (χ3v) is 8.12. The van der Waals surface area contributed by atoms with Gasteiger partial charge in [0.15, 0.2) is 5.82 Å². The number of pyridine rings is 2. The number of anilines is 2. The van der Waals surface area contributed by atoms with Gasteiger partial charge in [0.2, 0.25) is 0 Å². The summed E-state index contributed by atoms with van der Waals surface area (Å²) in [5, 5.41) is 8.86. The molecule has 0 aliphatic carbocycles. The molecule has 3 aromatic rings. The molecule has 36 heavy (non-hydrogen) atoms. The van der Waals surface area contributed by atoms with Crippen molar-refractivity contribution in [2.75, 3.05) is 16.3 Å². The maximum absolute atomic E-state index is 13.8. The molecule has 2 N–H and O–H groups in total. The van der Waals surface area contributed by atoms with E-state index in [1.807, 2.05) is 24.3 Å². The number of aryl methyl sites for hydroxylation is 1. The number of carbonyl (C=O) groups excluding carboxylic acids is 1. The Morgan fingerprint density at radius 2 is 2.00 bits per heavy atom. The molecule has 188 valence electrons. The fourth-order valence-electron chi connectivity index (χ4n) is 5.98. The molecule has 0 aromatic carbocycles. The Bertz CT molecular complexity index is 1320. The largest absolute Gasteiger partial charge is 0.354 e. The minimum absolute atomic E-state index is 0.0485. The van der Waals surface area contributed by atoms with Gasteiger partial charge in [0.1, 0.15) is 23.2 Å². The van der Waals surface area contributed by atoms with Crippen LogP contribution in [-0.4, -0.2) is 43.2 Å². The Labute approximate surface area is 211 Å². The van der Waals surface area contributed by atoms with Gasteiger partial charge in [-0.25, -0.2) is 9.97 Å². The van der Waals surface area contributed by atoms with E-state index in [1.54, 1.807) is 4.90 Å². The molecule has 0 bridgehead atoms. The van der Waals surface area contributed by atoms with Crippen molar-refractivity contribution < 1.29 is 4.79 Å². The van der Waals surface area contributed by atoms with Crippen molar-refractivity contribution in [2.24, 2.45) is 5.73 Å². The van der Waals surface area contributed by atoms with Gasteiger partial charge in [0.05, 0.1) is 17.8 Å². The SMILES string of the molecule is CC[C@@H]1CCc2nnc(-c3cccc(N4Cc5c(cc(N6CCC[C@H]6C)nc5[C@@H](N)CC)C4=O)n3)n21. The van der Waals surface area contributed by atoms with E-state index in [0.29, 0.717) is 30.0 Å². The summed E-state index contributed by atoms with van der Waals surface area (Å²) in [5.41, 5.74) is 9.71. The second-order valence-electron chi connectivity index (χ2n) is 10.3. The zero-order valence-corrected chi connectivity index (χ0v) is 21.3. The summed E-state index contributed by atoms with van der Waals surface area (Å²) in [4.78, 5) is 27.7. The number of hydrogen-bond acceptors (Lipinski definition) is 7. The first-order chi connectivity index (χ1) is 17.5. The van der Waals surface area contributed by atoms with Gasteiger partial charge in [0, 0.05) is 36.7 Å². The first kappa shape index (κ1) is 23.1. The first-order valence-electron chi connectivity index (χ1n) is 13.3. The van der Waals surface area contributed by atoms with E-state index < -0.39 is 0 Å². The molecule has 3 aliphatic rings. The van der Waals surface area contributed by atoms with Crippen molar-refractivity contribution >= 4 is 17.5 Å². The van der Waals surface area contributed by atoms with Crippen LogP contribution in [0.1, 0.15) is 92.4 Å². The van der Waals surface area contributed by atoms with E-state index in [9.17, 15) is 4.79 Å². The lowest BCUT2D eigenvalue weighted by Gasteiger charge is -2.25. The van der Waals surface area contributed by atoms with E-state index in [2.05, 4.69) is 40.4 Å². The van der Waals surface area contributed by atoms with Gasteiger partial charge in [0.25, 0.3) is 5.91 Å². The topological polar surface area (TPSA) is 106 Å². The number of nitrogens with zero attached hydrogens (tertiary/aromatic N) is 7. The lowest BCUT2D eigenvalue weighted by atomic mass is 10.0. The Balaban J connectivity index is 1.37. The van der Waals surface area contributed by atoms with Crippen LogP contribution in [0.15, 0.2) is 24.3 Å². The number of carbonyl (C=O) groups is 1. The summed E-state index contributed by atoms with van der Waals surface area (Å²) in [5.74, 6) is 3.22. The molecule has 3 atom stereocenters. The summed E-state index contributed by atoms with van der Waals surface area (Å²) < 4.78 is 2.22.